The number of sulfonamides is 1. The summed E-state index contributed by atoms with van der Waals surface area (Å²) in [7, 11) is -3.51. The second kappa shape index (κ2) is 7.84. The van der Waals surface area contributed by atoms with E-state index in [9.17, 15) is 13.2 Å². The average Bonchev–Trinajstić information content (AvgIpc) is 2.92. The zero-order valence-corrected chi connectivity index (χ0v) is 16.6. The Balaban J connectivity index is 1.66. The van der Waals surface area contributed by atoms with E-state index in [4.69, 9.17) is 9.15 Å². The number of ether oxygens (including phenoxy) is 1. The molecule has 146 valence electrons. The lowest BCUT2D eigenvalue weighted by molar-refractivity contribution is 0.0730. The summed E-state index contributed by atoms with van der Waals surface area (Å²) in [5.74, 6) is 1.12. The summed E-state index contributed by atoms with van der Waals surface area (Å²) in [6.45, 7) is 7.30. The minimum atomic E-state index is -3.51. The van der Waals surface area contributed by atoms with Gasteiger partial charge in [0.25, 0.3) is 5.91 Å². The number of amides is 1. The lowest BCUT2D eigenvalue weighted by atomic mass is 10.1. The molecule has 1 aliphatic heterocycles. The number of nitrogens with zero attached hydrogens (tertiary/aromatic N) is 1. The Morgan fingerprint density at radius 2 is 1.70 bits per heavy atom. The maximum absolute atomic E-state index is 12.6. The number of carbonyl (C=O) groups is 1. The predicted octanol–water partition coefficient (Wildman–Crippen LogP) is 2.16. The summed E-state index contributed by atoms with van der Waals surface area (Å²) in [4.78, 5) is 12.7. The Morgan fingerprint density at radius 3 is 2.26 bits per heavy atom. The molecule has 3 rings (SSSR count). The highest BCUT2D eigenvalue weighted by Crippen LogP contribution is 2.21. The first-order valence-corrected chi connectivity index (χ1v) is 10.3. The lowest BCUT2D eigenvalue weighted by Crippen LogP contribution is -2.40. The molecule has 2 aromatic rings. The molecular weight excluding hydrogens is 368 g/mol. The van der Waals surface area contributed by atoms with Crippen LogP contribution in [0.1, 0.15) is 33.0 Å². The van der Waals surface area contributed by atoms with E-state index >= 15 is 0 Å². The first kappa shape index (κ1) is 19.6. The number of carbonyl (C=O) groups excluding carboxylic acids is 1. The minimum absolute atomic E-state index is 0.202. The first-order chi connectivity index (χ1) is 12.8. The summed E-state index contributed by atoms with van der Waals surface area (Å²) in [6, 6.07) is 6.58. The number of hydrogen-bond donors (Lipinski definition) is 1. The van der Waals surface area contributed by atoms with Crippen molar-refractivity contribution in [2.45, 2.75) is 32.2 Å². The zero-order valence-electron chi connectivity index (χ0n) is 15.7. The van der Waals surface area contributed by atoms with E-state index in [1.54, 1.807) is 31.2 Å². The fraction of sp³-hybridized carbons (Fsp3) is 0.421. The van der Waals surface area contributed by atoms with Crippen molar-refractivity contribution in [2.75, 3.05) is 26.3 Å². The van der Waals surface area contributed by atoms with Gasteiger partial charge in [-0.25, -0.2) is 8.42 Å². The zero-order chi connectivity index (χ0) is 19.6. The van der Waals surface area contributed by atoms with E-state index in [0.29, 0.717) is 44.2 Å². The van der Waals surface area contributed by atoms with Gasteiger partial charge in [-0.3, -0.25) is 4.79 Å². The topological polar surface area (TPSA) is 88.8 Å². The Hall–Kier alpha value is -2.16. The van der Waals surface area contributed by atoms with E-state index in [1.165, 1.54) is 4.31 Å². The molecule has 1 aromatic heterocycles. The molecule has 0 bridgehead atoms. The van der Waals surface area contributed by atoms with Gasteiger partial charge in [0.05, 0.1) is 23.7 Å². The van der Waals surface area contributed by atoms with Gasteiger partial charge in [0.2, 0.25) is 10.0 Å². The van der Waals surface area contributed by atoms with Gasteiger partial charge < -0.3 is 14.5 Å². The van der Waals surface area contributed by atoms with E-state index in [2.05, 4.69) is 5.32 Å². The Bertz CT molecular complexity index is 926. The molecular formula is C19H24N2O5S. The van der Waals surface area contributed by atoms with E-state index in [-0.39, 0.29) is 10.8 Å². The number of morpholine rings is 1. The second-order valence-electron chi connectivity index (χ2n) is 6.56. The minimum Gasteiger partial charge on any atom is -0.466 e. The summed E-state index contributed by atoms with van der Waals surface area (Å²) >= 11 is 0. The third kappa shape index (κ3) is 4.07. The average molecular weight is 392 g/mol. The molecule has 8 heteroatoms. The van der Waals surface area contributed by atoms with Crippen LogP contribution in [0.2, 0.25) is 0 Å². The van der Waals surface area contributed by atoms with Gasteiger partial charge in [0.1, 0.15) is 11.5 Å². The van der Waals surface area contributed by atoms with Crippen LogP contribution in [0, 0.1) is 20.8 Å². The monoisotopic (exact) mass is 392 g/mol. The van der Waals surface area contributed by atoms with Gasteiger partial charge in [0.15, 0.2) is 0 Å². The smallest absolute Gasteiger partial charge is 0.255 e. The summed E-state index contributed by atoms with van der Waals surface area (Å²) < 4.78 is 37.4. The third-order valence-electron chi connectivity index (χ3n) is 4.77. The van der Waals surface area contributed by atoms with Gasteiger partial charge in [-0.15, -0.1) is 0 Å². The lowest BCUT2D eigenvalue weighted by Gasteiger charge is -2.26. The molecule has 1 amide bonds. The summed E-state index contributed by atoms with van der Waals surface area (Å²) in [5, 5.41) is 2.86. The number of aryl methyl sites for hydroxylation is 2. The summed E-state index contributed by atoms with van der Waals surface area (Å²) in [6.07, 6.45) is 0. The van der Waals surface area contributed by atoms with Crippen LogP contribution in [0.4, 0.5) is 0 Å². The highest BCUT2D eigenvalue weighted by Gasteiger charge is 2.26. The van der Waals surface area contributed by atoms with Crippen LogP contribution >= 0.6 is 0 Å². The second-order valence-corrected chi connectivity index (χ2v) is 8.50. The van der Waals surface area contributed by atoms with Crippen LogP contribution in [0.15, 0.2) is 33.6 Å². The van der Waals surface area contributed by atoms with Crippen LogP contribution in [-0.2, 0) is 21.3 Å². The fourth-order valence-corrected chi connectivity index (χ4v) is 4.52. The van der Waals surface area contributed by atoms with Crippen LogP contribution < -0.4 is 5.32 Å². The molecule has 2 heterocycles. The van der Waals surface area contributed by atoms with Crippen LogP contribution in [0.25, 0.3) is 0 Å². The molecule has 27 heavy (non-hydrogen) atoms. The van der Waals surface area contributed by atoms with Crippen molar-refractivity contribution in [1.29, 1.82) is 0 Å². The van der Waals surface area contributed by atoms with Gasteiger partial charge in [-0.2, -0.15) is 4.31 Å². The maximum Gasteiger partial charge on any atom is 0.255 e. The third-order valence-corrected chi connectivity index (χ3v) is 6.69. The van der Waals surface area contributed by atoms with E-state index in [1.807, 2.05) is 13.8 Å². The molecule has 7 nitrogen and oxygen atoms in total. The van der Waals surface area contributed by atoms with Crippen molar-refractivity contribution in [3.8, 4) is 0 Å². The molecule has 0 aliphatic carbocycles. The van der Waals surface area contributed by atoms with Crippen LogP contribution in [0.3, 0.4) is 0 Å². The maximum atomic E-state index is 12.6. The molecule has 0 atom stereocenters. The largest absolute Gasteiger partial charge is 0.466 e. The van der Waals surface area contributed by atoms with E-state index < -0.39 is 10.0 Å². The Morgan fingerprint density at radius 1 is 1.07 bits per heavy atom. The quantitative estimate of drug-likeness (QED) is 0.842. The SMILES string of the molecule is Cc1oc(C)c(C(=O)NCc2ccc(S(=O)(=O)N3CCOCC3)cc2)c1C. The predicted molar refractivity (Wildman–Crippen MR) is 100 cm³/mol. The molecule has 0 saturated carbocycles. The van der Waals surface area contributed by atoms with Gasteiger partial charge in [0, 0.05) is 25.2 Å². The Kier molecular flexibility index (Phi) is 5.69. The highest BCUT2D eigenvalue weighted by molar-refractivity contribution is 7.89. The van der Waals surface area contributed by atoms with E-state index in [0.717, 1.165) is 16.9 Å². The molecule has 1 saturated heterocycles. The van der Waals surface area contributed by atoms with Crippen molar-refractivity contribution in [2.24, 2.45) is 0 Å². The normalized spacial score (nSPS) is 15.7. The van der Waals surface area contributed by atoms with Crippen molar-refractivity contribution >= 4 is 15.9 Å². The number of nitrogens with one attached hydrogen (secondary N) is 1. The van der Waals surface area contributed by atoms with Crippen molar-refractivity contribution < 1.29 is 22.4 Å². The van der Waals surface area contributed by atoms with Crippen molar-refractivity contribution in [3.63, 3.8) is 0 Å². The summed E-state index contributed by atoms with van der Waals surface area (Å²) in [5.41, 5.74) is 2.20. The first-order valence-electron chi connectivity index (χ1n) is 8.82. The van der Waals surface area contributed by atoms with Gasteiger partial charge in [-0.1, -0.05) is 12.1 Å². The van der Waals surface area contributed by atoms with Crippen molar-refractivity contribution in [1.82, 2.24) is 9.62 Å². The van der Waals surface area contributed by atoms with Crippen LogP contribution in [-0.4, -0.2) is 44.9 Å². The molecule has 1 aromatic carbocycles. The van der Waals surface area contributed by atoms with Gasteiger partial charge in [-0.05, 0) is 38.5 Å². The molecule has 0 spiro atoms. The molecule has 1 fully saturated rings. The van der Waals surface area contributed by atoms with Crippen molar-refractivity contribution in [3.05, 3.63) is 52.5 Å². The standard InChI is InChI=1S/C19H24N2O5S/c1-13-14(2)26-15(3)18(13)19(22)20-12-16-4-6-17(7-5-16)27(23,24)21-8-10-25-11-9-21/h4-7H,8-12H2,1-3H3,(H,20,22). The molecule has 1 N–H and O–H groups in total. The number of benzene rings is 1. The highest BCUT2D eigenvalue weighted by atomic mass is 32.2. The molecule has 0 unspecified atom stereocenters. The number of hydrogen-bond acceptors (Lipinski definition) is 5. The number of rotatable bonds is 5. The fourth-order valence-electron chi connectivity index (χ4n) is 3.11. The molecule has 1 aliphatic rings. The Labute approximate surface area is 159 Å². The van der Waals surface area contributed by atoms with Crippen LogP contribution in [0.5, 0.6) is 0 Å². The van der Waals surface area contributed by atoms with Gasteiger partial charge >= 0.3 is 0 Å². The molecule has 0 radical (unpaired) electrons. The number of furan rings is 1.